The molecule has 0 fully saturated rings. The number of ether oxygens (including phenoxy) is 1. The van der Waals surface area contributed by atoms with Crippen molar-refractivity contribution in [3.8, 4) is 0 Å². The van der Waals surface area contributed by atoms with Crippen molar-refractivity contribution in [3.63, 3.8) is 0 Å². The Bertz CT molecular complexity index is 673. The quantitative estimate of drug-likeness (QED) is 0.880. The number of imidazole rings is 1. The molecule has 0 aromatic carbocycles. The normalized spacial score (nSPS) is 12.4. The van der Waals surface area contributed by atoms with Gasteiger partial charge in [0.25, 0.3) is 0 Å². The van der Waals surface area contributed by atoms with E-state index >= 15 is 0 Å². The molecule has 0 spiro atoms. The van der Waals surface area contributed by atoms with E-state index in [-0.39, 0.29) is 11.7 Å². The number of hydrogen-bond donors (Lipinski definition) is 1. The second-order valence-corrected chi connectivity index (χ2v) is 6.49. The average Bonchev–Trinajstić information content (AvgIpc) is 2.89. The van der Waals surface area contributed by atoms with Crippen LogP contribution in [0, 0.1) is 20.8 Å². The molecule has 2 aromatic heterocycles. The third-order valence-electron chi connectivity index (χ3n) is 3.51. The number of rotatable bonds is 4. The first-order chi connectivity index (χ1) is 9.86. The number of anilines is 1. The lowest BCUT2D eigenvalue weighted by atomic mass is 10.1. The minimum absolute atomic E-state index is 0.0330. The van der Waals surface area contributed by atoms with Gasteiger partial charge in [-0.1, -0.05) is 0 Å². The Labute approximate surface area is 128 Å². The molecule has 0 aliphatic rings. The highest BCUT2D eigenvalue weighted by Gasteiger charge is 2.24. The van der Waals surface area contributed by atoms with Gasteiger partial charge in [-0.15, -0.1) is 11.3 Å². The van der Waals surface area contributed by atoms with E-state index in [2.05, 4.69) is 31.8 Å². The van der Waals surface area contributed by atoms with Gasteiger partial charge in [0.05, 0.1) is 12.6 Å². The van der Waals surface area contributed by atoms with Crippen LogP contribution in [0.25, 0.3) is 0 Å². The minimum Gasteiger partial charge on any atom is -0.461 e. The first-order valence-electron chi connectivity index (χ1n) is 6.95. The molecule has 0 aliphatic heterocycles. The lowest BCUT2D eigenvalue weighted by Gasteiger charge is -2.17. The van der Waals surface area contributed by atoms with E-state index < -0.39 is 5.97 Å². The Hall–Kier alpha value is -1.82. The molecule has 2 rings (SSSR count). The van der Waals surface area contributed by atoms with Gasteiger partial charge in [-0.25, -0.2) is 9.78 Å². The Morgan fingerprint density at radius 1 is 1.48 bits per heavy atom. The van der Waals surface area contributed by atoms with Gasteiger partial charge >= 0.3 is 5.97 Å². The summed E-state index contributed by atoms with van der Waals surface area (Å²) >= 11 is 1.76. The standard InChI is InChI=1S/C15H21N3O2S/c1-6-20-15(19)13-14(16)18(11(5)17-13)9(3)12-7-8(2)21-10(12)4/h7,9H,6,16H2,1-5H3. The number of nitrogens with zero attached hydrogens (tertiary/aromatic N) is 2. The van der Waals surface area contributed by atoms with Gasteiger partial charge in [0.15, 0.2) is 5.69 Å². The third-order valence-corrected chi connectivity index (χ3v) is 4.49. The molecule has 2 N–H and O–H groups in total. The highest BCUT2D eigenvalue weighted by Crippen LogP contribution is 2.32. The van der Waals surface area contributed by atoms with Crippen molar-refractivity contribution in [2.45, 2.75) is 40.7 Å². The highest BCUT2D eigenvalue weighted by atomic mass is 32.1. The largest absolute Gasteiger partial charge is 0.461 e. The molecule has 114 valence electrons. The van der Waals surface area contributed by atoms with Gasteiger partial charge in [0, 0.05) is 9.75 Å². The fraction of sp³-hybridized carbons (Fsp3) is 0.467. The van der Waals surface area contributed by atoms with E-state index in [0.717, 1.165) is 0 Å². The number of hydrogen-bond acceptors (Lipinski definition) is 5. The molecule has 21 heavy (non-hydrogen) atoms. The second kappa shape index (κ2) is 5.89. The van der Waals surface area contributed by atoms with Crippen LogP contribution in [0.2, 0.25) is 0 Å². The summed E-state index contributed by atoms with van der Waals surface area (Å²) in [6.45, 7) is 10.2. The summed E-state index contributed by atoms with van der Waals surface area (Å²) in [6, 6.07) is 2.19. The predicted octanol–water partition coefficient (Wildman–Crippen LogP) is 3.24. The molecule has 0 radical (unpaired) electrons. The van der Waals surface area contributed by atoms with E-state index in [1.165, 1.54) is 15.3 Å². The summed E-state index contributed by atoms with van der Waals surface area (Å²) in [7, 11) is 0. The maximum absolute atomic E-state index is 11.9. The molecule has 0 amide bonds. The van der Waals surface area contributed by atoms with E-state index in [9.17, 15) is 4.79 Å². The monoisotopic (exact) mass is 307 g/mol. The van der Waals surface area contributed by atoms with Gasteiger partial charge in [0.1, 0.15) is 11.6 Å². The molecule has 2 aromatic rings. The summed E-state index contributed by atoms with van der Waals surface area (Å²) in [4.78, 5) is 18.7. The first-order valence-corrected chi connectivity index (χ1v) is 7.76. The zero-order chi connectivity index (χ0) is 15.7. The van der Waals surface area contributed by atoms with Crippen molar-refractivity contribution in [2.24, 2.45) is 0 Å². The highest BCUT2D eigenvalue weighted by molar-refractivity contribution is 7.12. The Morgan fingerprint density at radius 3 is 2.67 bits per heavy atom. The molecule has 1 unspecified atom stereocenters. The van der Waals surface area contributed by atoms with Crippen molar-refractivity contribution in [2.75, 3.05) is 12.3 Å². The van der Waals surface area contributed by atoms with Crippen LogP contribution >= 0.6 is 11.3 Å². The lowest BCUT2D eigenvalue weighted by molar-refractivity contribution is 0.0521. The topological polar surface area (TPSA) is 70.1 Å². The van der Waals surface area contributed by atoms with E-state index in [1.807, 2.05) is 11.5 Å². The second-order valence-electron chi connectivity index (χ2n) is 5.03. The van der Waals surface area contributed by atoms with Crippen LogP contribution < -0.4 is 5.73 Å². The molecule has 0 aliphatic carbocycles. The minimum atomic E-state index is -0.470. The van der Waals surface area contributed by atoms with Gasteiger partial charge in [0.2, 0.25) is 0 Å². The summed E-state index contributed by atoms with van der Waals surface area (Å²) in [5.74, 6) is 0.607. The number of carbonyl (C=O) groups excluding carboxylic acids is 1. The van der Waals surface area contributed by atoms with Crippen LogP contribution in [-0.4, -0.2) is 22.1 Å². The molecule has 1 atom stereocenters. The van der Waals surface area contributed by atoms with Crippen LogP contribution in [0.3, 0.4) is 0 Å². The number of aromatic nitrogens is 2. The van der Waals surface area contributed by atoms with Gasteiger partial charge in [-0.2, -0.15) is 0 Å². The number of carbonyl (C=O) groups is 1. The van der Waals surface area contributed by atoms with Crippen LogP contribution in [-0.2, 0) is 4.74 Å². The SMILES string of the molecule is CCOC(=O)c1nc(C)n(C(C)c2cc(C)sc2C)c1N. The third kappa shape index (κ3) is 2.81. The smallest absolute Gasteiger partial charge is 0.360 e. The molecule has 0 saturated heterocycles. The zero-order valence-corrected chi connectivity index (χ0v) is 13.9. The Balaban J connectivity index is 2.45. The average molecular weight is 307 g/mol. The number of nitrogens with two attached hydrogens (primary N) is 1. The number of nitrogen functional groups attached to an aromatic ring is 1. The number of esters is 1. The zero-order valence-electron chi connectivity index (χ0n) is 13.1. The summed E-state index contributed by atoms with van der Waals surface area (Å²) in [5.41, 5.74) is 7.54. The molecular weight excluding hydrogens is 286 g/mol. The molecule has 0 bridgehead atoms. The molecule has 6 heteroatoms. The maximum Gasteiger partial charge on any atom is 0.360 e. The van der Waals surface area contributed by atoms with E-state index in [1.54, 1.807) is 18.3 Å². The predicted molar refractivity (Wildman–Crippen MR) is 84.9 cm³/mol. The fourth-order valence-corrected chi connectivity index (χ4v) is 3.62. The van der Waals surface area contributed by atoms with Crippen LogP contribution in [0.1, 0.15) is 51.5 Å². The van der Waals surface area contributed by atoms with Crippen molar-refractivity contribution in [3.05, 3.63) is 32.9 Å². The van der Waals surface area contributed by atoms with Gasteiger partial charge < -0.3 is 15.0 Å². The van der Waals surface area contributed by atoms with Crippen LogP contribution in [0.15, 0.2) is 6.07 Å². The number of aryl methyl sites for hydroxylation is 3. The first kappa shape index (κ1) is 15.6. The summed E-state index contributed by atoms with van der Waals surface area (Å²) < 4.78 is 6.89. The molecule has 2 heterocycles. The Morgan fingerprint density at radius 2 is 2.14 bits per heavy atom. The van der Waals surface area contributed by atoms with Crippen molar-refractivity contribution in [1.82, 2.24) is 9.55 Å². The summed E-state index contributed by atoms with van der Waals surface area (Å²) in [6.07, 6.45) is 0. The van der Waals surface area contributed by atoms with Crippen LogP contribution in [0.5, 0.6) is 0 Å². The molecular formula is C15H21N3O2S. The Kier molecular flexibility index (Phi) is 4.37. The van der Waals surface area contributed by atoms with Crippen molar-refractivity contribution >= 4 is 23.1 Å². The van der Waals surface area contributed by atoms with Gasteiger partial charge in [-0.05, 0) is 46.2 Å². The molecule has 0 saturated carbocycles. The molecule has 5 nitrogen and oxygen atoms in total. The van der Waals surface area contributed by atoms with E-state index in [0.29, 0.717) is 18.2 Å². The van der Waals surface area contributed by atoms with Crippen molar-refractivity contribution in [1.29, 1.82) is 0 Å². The van der Waals surface area contributed by atoms with E-state index in [4.69, 9.17) is 10.5 Å². The summed E-state index contributed by atoms with van der Waals surface area (Å²) in [5, 5.41) is 0. The maximum atomic E-state index is 11.9. The van der Waals surface area contributed by atoms with Crippen molar-refractivity contribution < 1.29 is 9.53 Å². The van der Waals surface area contributed by atoms with Gasteiger partial charge in [-0.3, -0.25) is 0 Å². The number of thiophene rings is 1. The van der Waals surface area contributed by atoms with Crippen LogP contribution in [0.4, 0.5) is 5.82 Å². The fourth-order valence-electron chi connectivity index (χ4n) is 2.60. The lowest BCUT2D eigenvalue weighted by Crippen LogP contribution is -2.14.